The second kappa shape index (κ2) is 7.97. The Labute approximate surface area is 177 Å². The zero-order chi connectivity index (χ0) is 19.6. The summed E-state index contributed by atoms with van der Waals surface area (Å²) < 4.78 is 0.487. The molecular formula is C23H19N3OS2. The highest BCUT2D eigenvalue weighted by atomic mass is 32.2. The molecule has 0 bridgehead atoms. The van der Waals surface area contributed by atoms with Gasteiger partial charge in [0, 0.05) is 22.6 Å². The van der Waals surface area contributed by atoms with E-state index in [1.807, 2.05) is 84.2 Å². The zero-order valence-electron chi connectivity index (χ0n) is 15.6. The molecule has 2 N–H and O–H groups in total. The predicted octanol–water partition coefficient (Wildman–Crippen LogP) is 5.96. The quantitative estimate of drug-likeness (QED) is 0.430. The second-order valence-corrected chi connectivity index (χ2v) is 9.52. The van der Waals surface area contributed by atoms with E-state index in [2.05, 4.69) is 27.4 Å². The first kappa shape index (κ1) is 18.3. The van der Waals surface area contributed by atoms with Gasteiger partial charge in [-0.05, 0) is 42.0 Å². The van der Waals surface area contributed by atoms with E-state index in [0.29, 0.717) is 10.1 Å². The molecule has 0 spiro atoms. The molecule has 3 aromatic carbocycles. The first-order chi connectivity index (χ1) is 14.3. The highest BCUT2D eigenvalue weighted by Crippen LogP contribution is 2.45. The van der Waals surface area contributed by atoms with Gasteiger partial charge in [-0.15, -0.1) is 23.5 Å². The summed E-state index contributed by atoms with van der Waals surface area (Å²) >= 11 is 3.93. The van der Waals surface area contributed by atoms with E-state index in [1.54, 1.807) is 0 Å². The molecule has 1 aliphatic heterocycles. The van der Waals surface area contributed by atoms with Crippen LogP contribution in [0.2, 0.25) is 0 Å². The zero-order valence-corrected chi connectivity index (χ0v) is 17.2. The molecule has 1 fully saturated rings. The lowest BCUT2D eigenvalue weighted by atomic mass is 10.1. The maximum absolute atomic E-state index is 12.9. The number of fused-ring (bicyclic) bond motifs is 1. The van der Waals surface area contributed by atoms with E-state index in [9.17, 15) is 4.79 Å². The molecule has 6 heteroatoms. The number of anilines is 1. The summed E-state index contributed by atoms with van der Waals surface area (Å²) in [4.78, 5) is 20.9. The number of nitrogens with one attached hydrogen (secondary N) is 2. The SMILES string of the molecule is O=C(Nc1ccccc1-c1nc2ccccc2[nH]1)c1ccc(C2SCCS2)cc1. The predicted molar refractivity (Wildman–Crippen MR) is 124 cm³/mol. The molecule has 4 aromatic rings. The highest BCUT2D eigenvalue weighted by molar-refractivity contribution is 8.19. The average molecular weight is 418 g/mol. The summed E-state index contributed by atoms with van der Waals surface area (Å²) in [5.74, 6) is 3.01. The molecule has 2 heterocycles. The summed E-state index contributed by atoms with van der Waals surface area (Å²) in [5, 5.41) is 3.05. The minimum absolute atomic E-state index is 0.119. The fourth-order valence-electron chi connectivity index (χ4n) is 3.42. The molecule has 1 aliphatic rings. The van der Waals surface area contributed by atoms with Gasteiger partial charge in [0.15, 0.2) is 0 Å². The van der Waals surface area contributed by atoms with Crippen molar-refractivity contribution in [3.8, 4) is 11.4 Å². The van der Waals surface area contributed by atoms with Crippen LogP contribution in [0.5, 0.6) is 0 Å². The fraction of sp³-hybridized carbons (Fsp3) is 0.130. The Morgan fingerprint density at radius 3 is 2.45 bits per heavy atom. The normalized spacial score (nSPS) is 14.3. The molecule has 29 heavy (non-hydrogen) atoms. The third kappa shape index (κ3) is 3.78. The maximum atomic E-state index is 12.9. The Morgan fingerprint density at radius 1 is 0.931 bits per heavy atom. The van der Waals surface area contributed by atoms with Crippen LogP contribution in [-0.4, -0.2) is 27.4 Å². The Morgan fingerprint density at radius 2 is 1.66 bits per heavy atom. The minimum atomic E-state index is -0.119. The molecule has 0 aliphatic carbocycles. The Bertz CT molecular complexity index is 1130. The fourth-order valence-corrected chi connectivity index (χ4v) is 6.28. The number of carbonyl (C=O) groups excluding carboxylic acids is 1. The maximum Gasteiger partial charge on any atom is 0.255 e. The number of aromatic amines is 1. The molecule has 4 nitrogen and oxygen atoms in total. The van der Waals surface area contributed by atoms with Crippen LogP contribution in [0.4, 0.5) is 5.69 Å². The van der Waals surface area contributed by atoms with Crippen LogP contribution in [0.15, 0.2) is 72.8 Å². The number of thioether (sulfide) groups is 2. The number of rotatable bonds is 4. The van der Waals surface area contributed by atoms with Gasteiger partial charge in [0.2, 0.25) is 0 Å². The first-order valence-electron chi connectivity index (χ1n) is 9.46. The summed E-state index contributed by atoms with van der Waals surface area (Å²) in [5.41, 5.74) is 5.41. The minimum Gasteiger partial charge on any atom is -0.338 e. The molecule has 1 saturated heterocycles. The van der Waals surface area contributed by atoms with Crippen molar-refractivity contribution in [1.29, 1.82) is 0 Å². The average Bonchev–Trinajstić information content (AvgIpc) is 3.44. The largest absolute Gasteiger partial charge is 0.338 e. The van der Waals surface area contributed by atoms with E-state index >= 15 is 0 Å². The molecule has 5 rings (SSSR count). The van der Waals surface area contributed by atoms with Gasteiger partial charge in [0.25, 0.3) is 5.91 Å². The van der Waals surface area contributed by atoms with Crippen molar-refractivity contribution in [2.24, 2.45) is 0 Å². The summed E-state index contributed by atoms with van der Waals surface area (Å²) in [7, 11) is 0. The Hall–Kier alpha value is -2.70. The van der Waals surface area contributed by atoms with Crippen molar-refractivity contribution in [2.75, 3.05) is 16.8 Å². The van der Waals surface area contributed by atoms with Crippen molar-refractivity contribution in [3.63, 3.8) is 0 Å². The lowest BCUT2D eigenvalue weighted by molar-refractivity contribution is 0.102. The van der Waals surface area contributed by atoms with Gasteiger partial charge < -0.3 is 10.3 Å². The third-order valence-electron chi connectivity index (χ3n) is 4.89. The Balaban J connectivity index is 1.39. The number of H-pyrrole nitrogens is 1. The Kier molecular flexibility index (Phi) is 5.04. The molecule has 0 atom stereocenters. The van der Waals surface area contributed by atoms with Gasteiger partial charge in [0.1, 0.15) is 5.82 Å². The van der Waals surface area contributed by atoms with Crippen LogP contribution >= 0.6 is 23.5 Å². The first-order valence-corrected chi connectivity index (χ1v) is 11.6. The molecule has 0 radical (unpaired) electrons. The number of aromatic nitrogens is 2. The monoisotopic (exact) mass is 417 g/mol. The van der Waals surface area contributed by atoms with E-state index in [1.165, 1.54) is 17.1 Å². The molecule has 0 unspecified atom stereocenters. The number of nitrogens with zero attached hydrogens (tertiary/aromatic N) is 1. The summed E-state index contributed by atoms with van der Waals surface area (Å²) in [6, 6.07) is 23.6. The van der Waals surface area contributed by atoms with E-state index in [-0.39, 0.29) is 5.91 Å². The standard InChI is InChI=1S/C23H19N3OS2/c27-22(15-9-11-16(12-10-15)23-28-13-14-29-23)26-18-6-2-1-5-17(18)21-24-19-7-3-4-8-20(19)25-21/h1-12,23H,13-14H2,(H,24,25)(H,26,27). The van der Waals surface area contributed by atoms with Crippen LogP contribution < -0.4 is 5.32 Å². The number of carbonyl (C=O) groups is 1. The van der Waals surface area contributed by atoms with Gasteiger partial charge in [-0.3, -0.25) is 4.79 Å². The molecule has 1 aromatic heterocycles. The number of imidazole rings is 1. The van der Waals surface area contributed by atoms with Crippen LogP contribution in [0.25, 0.3) is 22.4 Å². The lowest BCUT2D eigenvalue weighted by Gasteiger charge is -2.11. The number of para-hydroxylation sites is 3. The van der Waals surface area contributed by atoms with Crippen LogP contribution in [0.3, 0.4) is 0 Å². The van der Waals surface area contributed by atoms with E-state index < -0.39 is 0 Å². The number of amides is 1. The highest BCUT2D eigenvalue weighted by Gasteiger charge is 2.19. The van der Waals surface area contributed by atoms with Gasteiger partial charge in [-0.25, -0.2) is 4.98 Å². The molecule has 0 saturated carbocycles. The van der Waals surface area contributed by atoms with Gasteiger partial charge in [0.05, 0.1) is 21.3 Å². The molecule has 1 amide bonds. The second-order valence-electron chi connectivity index (χ2n) is 6.80. The van der Waals surface area contributed by atoms with Crippen molar-refractivity contribution in [3.05, 3.63) is 83.9 Å². The molecular weight excluding hydrogens is 398 g/mol. The van der Waals surface area contributed by atoms with Gasteiger partial charge in [-0.1, -0.05) is 36.4 Å². The number of benzene rings is 3. The van der Waals surface area contributed by atoms with Crippen molar-refractivity contribution in [2.45, 2.75) is 4.58 Å². The summed E-state index contributed by atoms with van der Waals surface area (Å²) in [6.45, 7) is 0. The smallest absolute Gasteiger partial charge is 0.255 e. The third-order valence-corrected chi connectivity index (χ3v) is 7.99. The van der Waals surface area contributed by atoms with Crippen molar-refractivity contribution < 1.29 is 4.79 Å². The van der Waals surface area contributed by atoms with Gasteiger partial charge >= 0.3 is 0 Å². The topological polar surface area (TPSA) is 57.8 Å². The van der Waals surface area contributed by atoms with E-state index in [0.717, 1.165) is 28.1 Å². The number of hydrogen-bond acceptors (Lipinski definition) is 4. The van der Waals surface area contributed by atoms with Crippen LogP contribution in [-0.2, 0) is 0 Å². The lowest BCUT2D eigenvalue weighted by Crippen LogP contribution is -2.12. The van der Waals surface area contributed by atoms with Crippen LogP contribution in [0.1, 0.15) is 20.5 Å². The molecule has 144 valence electrons. The van der Waals surface area contributed by atoms with Crippen molar-refractivity contribution in [1.82, 2.24) is 9.97 Å². The van der Waals surface area contributed by atoms with E-state index in [4.69, 9.17) is 0 Å². The number of hydrogen-bond donors (Lipinski definition) is 2. The summed E-state index contributed by atoms with van der Waals surface area (Å²) in [6.07, 6.45) is 0. The van der Waals surface area contributed by atoms with Crippen molar-refractivity contribution >= 4 is 46.2 Å². The van der Waals surface area contributed by atoms with Gasteiger partial charge in [-0.2, -0.15) is 0 Å². The van der Waals surface area contributed by atoms with Crippen LogP contribution in [0, 0.1) is 0 Å².